The Labute approximate surface area is 142 Å². The lowest BCUT2D eigenvalue weighted by Gasteiger charge is -2.32. The van der Waals surface area contributed by atoms with Crippen LogP contribution in [0.3, 0.4) is 0 Å². The molecule has 24 heavy (non-hydrogen) atoms. The van der Waals surface area contributed by atoms with Crippen molar-refractivity contribution in [2.24, 2.45) is 11.3 Å². The molecular formula is C18H27N3O3. The van der Waals surface area contributed by atoms with Gasteiger partial charge in [-0.05, 0) is 50.5 Å². The summed E-state index contributed by atoms with van der Waals surface area (Å²) in [7, 11) is 0. The standard InChI is InChI=1S/C18H27N3O3/c1-4-13(5-2)21-12(3)10-15(19-21)16(22)20-8-6-18(7-9-20)11-14(18)17(23)24/h10,13-14H,4-9,11H2,1-3H3,(H,23,24). The SMILES string of the molecule is CCC(CC)n1nc(C(=O)N2CCC3(CC2)CC3C(=O)O)cc1C. The third-order valence-corrected chi connectivity index (χ3v) is 5.96. The van der Waals surface area contributed by atoms with E-state index in [9.17, 15) is 9.59 Å². The molecule has 2 heterocycles. The fourth-order valence-corrected chi connectivity index (χ4v) is 4.16. The number of amides is 1. The molecule has 2 fully saturated rings. The summed E-state index contributed by atoms with van der Waals surface area (Å²) in [5, 5.41) is 13.7. The van der Waals surface area contributed by atoms with Gasteiger partial charge in [0.1, 0.15) is 0 Å². The topological polar surface area (TPSA) is 75.4 Å². The molecule has 0 aromatic carbocycles. The number of nitrogens with zero attached hydrogens (tertiary/aromatic N) is 3. The summed E-state index contributed by atoms with van der Waals surface area (Å²) in [5.74, 6) is -0.912. The van der Waals surface area contributed by atoms with Gasteiger partial charge in [-0.2, -0.15) is 5.10 Å². The molecule has 1 aliphatic carbocycles. The van der Waals surface area contributed by atoms with Crippen molar-refractivity contribution in [1.29, 1.82) is 0 Å². The quantitative estimate of drug-likeness (QED) is 0.899. The Bertz CT molecular complexity index is 640. The molecule has 1 N–H and O–H groups in total. The second-order valence-electron chi connectivity index (χ2n) is 7.34. The number of likely N-dealkylation sites (tertiary alicyclic amines) is 1. The second kappa shape index (κ2) is 6.22. The van der Waals surface area contributed by atoms with Gasteiger partial charge in [0.05, 0.1) is 12.0 Å². The van der Waals surface area contributed by atoms with Crippen molar-refractivity contribution >= 4 is 11.9 Å². The van der Waals surface area contributed by atoms with Crippen LogP contribution in [-0.2, 0) is 4.79 Å². The molecule has 1 spiro atoms. The van der Waals surface area contributed by atoms with Crippen molar-refractivity contribution in [3.63, 3.8) is 0 Å². The maximum atomic E-state index is 12.7. The molecule has 0 radical (unpaired) electrons. The van der Waals surface area contributed by atoms with Crippen LogP contribution in [0, 0.1) is 18.3 Å². The summed E-state index contributed by atoms with van der Waals surface area (Å²) in [6, 6.07) is 2.21. The van der Waals surface area contributed by atoms with Gasteiger partial charge < -0.3 is 10.0 Å². The molecule has 3 rings (SSSR count). The minimum Gasteiger partial charge on any atom is -0.481 e. The van der Waals surface area contributed by atoms with Crippen molar-refractivity contribution in [3.05, 3.63) is 17.5 Å². The zero-order chi connectivity index (χ0) is 17.5. The number of carbonyl (C=O) groups excluding carboxylic acids is 1. The highest BCUT2D eigenvalue weighted by molar-refractivity contribution is 5.92. The van der Waals surface area contributed by atoms with E-state index in [2.05, 4.69) is 18.9 Å². The Balaban J connectivity index is 1.66. The minimum atomic E-state index is -0.686. The number of carboxylic acid groups (broad SMARTS) is 1. The van der Waals surface area contributed by atoms with E-state index in [-0.39, 0.29) is 17.2 Å². The highest BCUT2D eigenvalue weighted by atomic mass is 16.4. The van der Waals surface area contributed by atoms with Gasteiger partial charge in [0.15, 0.2) is 5.69 Å². The van der Waals surface area contributed by atoms with E-state index >= 15 is 0 Å². The summed E-state index contributed by atoms with van der Waals surface area (Å²) < 4.78 is 1.97. The molecule has 132 valence electrons. The number of aryl methyl sites for hydroxylation is 1. The van der Waals surface area contributed by atoms with E-state index in [4.69, 9.17) is 5.11 Å². The normalized spacial score (nSPS) is 22.2. The zero-order valence-electron chi connectivity index (χ0n) is 14.8. The molecule has 0 bridgehead atoms. The Morgan fingerprint density at radius 2 is 1.96 bits per heavy atom. The van der Waals surface area contributed by atoms with Crippen molar-refractivity contribution in [2.45, 2.75) is 58.9 Å². The van der Waals surface area contributed by atoms with Crippen LogP contribution in [0.25, 0.3) is 0 Å². The molecule has 1 aliphatic heterocycles. The molecule has 1 atom stereocenters. The number of hydrogen-bond donors (Lipinski definition) is 1. The van der Waals surface area contributed by atoms with Gasteiger partial charge >= 0.3 is 5.97 Å². The van der Waals surface area contributed by atoms with E-state index in [1.165, 1.54) is 0 Å². The number of aliphatic carboxylic acids is 1. The maximum Gasteiger partial charge on any atom is 0.307 e. The van der Waals surface area contributed by atoms with Gasteiger partial charge in [-0.3, -0.25) is 14.3 Å². The lowest BCUT2D eigenvalue weighted by molar-refractivity contribution is -0.139. The zero-order valence-corrected chi connectivity index (χ0v) is 14.8. The monoisotopic (exact) mass is 333 g/mol. The number of rotatable bonds is 5. The van der Waals surface area contributed by atoms with E-state index in [0.29, 0.717) is 24.8 Å². The van der Waals surface area contributed by atoms with Crippen molar-refractivity contribution in [2.75, 3.05) is 13.1 Å². The Morgan fingerprint density at radius 1 is 1.33 bits per heavy atom. The fourth-order valence-electron chi connectivity index (χ4n) is 4.16. The summed E-state index contributed by atoms with van der Waals surface area (Å²) in [6.45, 7) is 7.54. The lowest BCUT2D eigenvalue weighted by atomic mass is 9.90. The van der Waals surface area contributed by atoms with Crippen LogP contribution >= 0.6 is 0 Å². The van der Waals surface area contributed by atoms with Crippen LogP contribution in [0.5, 0.6) is 0 Å². The summed E-state index contributed by atoms with van der Waals surface area (Å²) in [6.07, 6.45) is 4.35. The number of carboxylic acids is 1. The predicted octanol–water partition coefficient (Wildman–Crippen LogP) is 2.88. The van der Waals surface area contributed by atoms with Gasteiger partial charge in [-0.1, -0.05) is 13.8 Å². The molecular weight excluding hydrogens is 306 g/mol. The highest BCUT2D eigenvalue weighted by Gasteiger charge is 2.59. The van der Waals surface area contributed by atoms with Crippen LogP contribution < -0.4 is 0 Å². The second-order valence-corrected chi connectivity index (χ2v) is 7.34. The Hall–Kier alpha value is -1.85. The lowest BCUT2D eigenvalue weighted by Crippen LogP contribution is -2.40. The highest BCUT2D eigenvalue weighted by Crippen LogP contribution is 2.59. The maximum absolute atomic E-state index is 12.7. The van der Waals surface area contributed by atoms with Gasteiger partial charge in [0.25, 0.3) is 5.91 Å². The van der Waals surface area contributed by atoms with Gasteiger partial charge in [-0.15, -0.1) is 0 Å². The van der Waals surface area contributed by atoms with Crippen LogP contribution in [0.1, 0.15) is 68.2 Å². The van der Waals surface area contributed by atoms with Crippen LogP contribution in [-0.4, -0.2) is 44.8 Å². The molecule has 2 aliphatic rings. The third kappa shape index (κ3) is 2.82. The summed E-state index contributed by atoms with van der Waals surface area (Å²) in [5.41, 5.74) is 1.49. The number of carbonyl (C=O) groups is 2. The fraction of sp³-hybridized carbons (Fsp3) is 0.722. The molecule has 1 amide bonds. The van der Waals surface area contributed by atoms with E-state index < -0.39 is 5.97 Å². The average Bonchev–Trinajstić information content (AvgIpc) is 3.14. The minimum absolute atomic E-state index is 0.0230. The van der Waals surface area contributed by atoms with E-state index in [0.717, 1.165) is 37.8 Å². The Kier molecular flexibility index (Phi) is 4.40. The van der Waals surface area contributed by atoms with E-state index in [1.54, 1.807) is 0 Å². The number of hydrogen-bond acceptors (Lipinski definition) is 3. The van der Waals surface area contributed by atoms with E-state index in [1.807, 2.05) is 22.6 Å². The van der Waals surface area contributed by atoms with Gasteiger partial charge in [-0.25, -0.2) is 0 Å². The predicted molar refractivity (Wildman–Crippen MR) is 89.9 cm³/mol. The first-order chi connectivity index (χ1) is 11.4. The number of piperidine rings is 1. The van der Waals surface area contributed by atoms with Gasteiger partial charge in [0.2, 0.25) is 0 Å². The molecule has 1 aromatic heterocycles. The first kappa shape index (κ1) is 17.0. The number of aromatic nitrogens is 2. The Morgan fingerprint density at radius 3 is 2.46 bits per heavy atom. The summed E-state index contributed by atoms with van der Waals surface area (Å²) in [4.78, 5) is 25.7. The molecule has 1 aromatic rings. The molecule has 1 saturated heterocycles. The largest absolute Gasteiger partial charge is 0.481 e. The first-order valence-electron chi connectivity index (χ1n) is 9.00. The molecule has 6 heteroatoms. The third-order valence-electron chi connectivity index (χ3n) is 5.96. The molecule has 1 saturated carbocycles. The van der Waals surface area contributed by atoms with Crippen LogP contribution in [0.2, 0.25) is 0 Å². The van der Waals surface area contributed by atoms with Crippen LogP contribution in [0.15, 0.2) is 6.07 Å². The smallest absolute Gasteiger partial charge is 0.307 e. The van der Waals surface area contributed by atoms with Crippen molar-refractivity contribution in [1.82, 2.24) is 14.7 Å². The van der Waals surface area contributed by atoms with Crippen LogP contribution in [0.4, 0.5) is 0 Å². The van der Waals surface area contributed by atoms with Crippen molar-refractivity contribution in [3.8, 4) is 0 Å². The first-order valence-corrected chi connectivity index (χ1v) is 9.00. The summed E-state index contributed by atoms with van der Waals surface area (Å²) >= 11 is 0. The van der Waals surface area contributed by atoms with Gasteiger partial charge in [0, 0.05) is 18.8 Å². The molecule has 1 unspecified atom stereocenters. The average molecular weight is 333 g/mol. The molecule has 6 nitrogen and oxygen atoms in total. The van der Waals surface area contributed by atoms with Crippen molar-refractivity contribution < 1.29 is 14.7 Å².